The molecule has 1 aliphatic rings. The molecule has 0 aliphatic carbocycles. The van der Waals surface area contributed by atoms with Gasteiger partial charge in [0.2, 0.25) is 0 Å². The smallest absolute Gasteiger partial charge is 0.255 e. The van der Waals surface area contributed by atoms with E-state index in [9.17, 15) is 9.18 Å². The van der Waals surface area contributed by atoms with Crippen LogP contribution < -0.4 is 10.6 Å². The van der Waals surface area contributed by atoms with Gasteiger partial charge in [0.1, 0.15) is 5.82 Å². The molecule has 124 valence electrons. The molecule has 2 atom stereocenters. The maximum atomic E-state index is 13.0. The van der Waals surface area contributed by atoms with Crippen LogP contribution in [0.5, 0.6) is 0 Å². The van der Waals surface area contributed by atoms with Gasteiger partial charge in [-0.15, -0.1) is 12.4 Å². The molecule has 7 heteroatoms. The molecule has 2 aromatic rings. The van der Waals surface area contributed by atoms with E-state index in [2.05, 4.69) is 27.8 Å². The van der Waals surface area contributed by atoms with Crippen molar-refractivity contribution in [3.05, 3.63) is 41.8 Å². The van der Waals surface area contributed by atoms with Crippen LogP contribution in [0.4, 0.5) is 4.39 Å². The molecule has 1 aromatic heterocycles. The largest absolute Gasteiger partial charge is 0.348 e. The van der Waals surface area contributed by atoms with Gasteiger partial charge in [0.15, 0.2) is 0 Å². The number of aromatic nitrogens is 2. The number of nitrogens with zero attached hydrogens (tertiary/aromatic N) is 1. The Morgan fingerprint density at radius 3 is 2.78 bits per heavy atom. The normalized spacial score (nSPS) is 20.6. The number of benzene rings is 1. The second-order valence-corrected chi connectivity index (χ2v) is 5.72. The molecule has 3 N–H and O–H groups in total. The molecule has 1 fully saturated rings. The Morgan fingerprint density at radius 1 is 1.35 bits per heavy atom. The van der Waals surface area contributed by atoms with Gasteiger partial charge in [-0.3, -0.25) is 9.89 Å². The number of carbonyl (C=O) groups is 1. The monoisotopic (exact) mass is 338 g/mol. The predicted molar refractivity (Wildman–Crippen MR) is 89.1 cm³/mol. The SMILES string of the molecule is CC1CCNCC1NC(=O)c1cn[nH]c1-c1ccc(F)cc1.Cl. The Kier molecular flexibility index (Phi) is 5.74. The average Bonchev–Trinajstić information content (AvgIpc) is 3.00. The Balaban J connectivity index is 0.00000192. The average molecular weight is 339 g/mol. The summed E-state index contributed by atoms with van der Waals surface area (Å²) in [5, 5.41) is 13.1. The standard InChI is InChI=1S/C16H19FN4O.ClH/c1-10-6-7-18-9-14(10)20-16(22)13-8-19-21-15(13)11-2-4-12(17)5-3-11;/h2-5,8,10,14,18H,6-7,9H2,1H3,(H,19,21)(H,20,22);1H. The molecule has 1 amide bonds. The first-order valence-corrected chi connectivity index (χ1v) is 7.46. The Bertz CT molecular complexity index is 658. The Hall–Kier alpha value is -1.92. The zero-order valence-corrected chi connectivity index (χ0v) is 13.6. The van der Waals surface area contributed by atoms with Gasteiger partial charge in [-0.1, -0.05) is 6.92 Å². The molecule has 1 aliphatic heterocycles. The van der Waals surface area contributed by atoms with Crippen LogP contribution >= 0.6 is 12.4 Å². The van der Waals surface area contributed by atoms with Gasteiger partial charge in [-0.2, -0.15) is 5.10 Å². The maximum Gasteiger partial charge on any atom is 0.255 e. The molecule has 1 aromatic carbocycles. The van der Waals surface area contributed by atoms with E-state index in [0.717, 1.165) is 25.1 Å². The number of carbonyl (C=O) groups excluding carboxylic acids is 1. The molecule has 0 saturated carbocycles. The molecular weight excluding hydrogens is 319 g/mol. The third kappa shape index (κ3) is 3.89. The Labute approximate surface area is 140 Å². The minimum absolute atomic E-state index is 0. The van der Waals surface area contributed by atoms with Crippen LogP contribution in [0.2, 0.25) is 0 Å². The number of halogens is 2. The number of H-pyrrole nitrogens is 1. The summed E-state index contributed by atoms with van der Waals surface area (Å²) >= 11 is 0. The second-order valence-electron chi connectivity index (χ2n) is 5.72. The van der Waals surface area contributed by atoms with Gasteiger partial charge in [0, 0.05) is 18.2 Å². The van der Waals surface area contributed by atoms with E-state index in [-0.39, 0.29) is 30.2 Å². The van der Waals surface area contributed by atoms with Crippen molar-refractivity contribution in [1.29, 1.82) is 0 Å². The van der Waals surface area contributed by atoms with E-state index >= 15 is 0 Å². The summed E-state index contributed by atoms with van der Waals surface area (Å²) in [4.78, 5) is 12.5. The summed E-state index contributed by atoms with van der Waals surface area (Å²) in [7, 11) is 0. The fourth-order valence-electron chi connectivity index (χ4n) is 2.72. The summed E-state index contributed by atoms with van der Waals surface area (Å²) in [5.74, 6) is -0.0311. The first-order valence-electron chi connectivity index (χ1n) is 7.46. The van der Waals surface area contributed by atoms with Crippen molar-refractivity contribution in [3.63, 3.8) is 0 Å². The molecule has 2 heterocycles. The number of rotatable bonds is 3. The van der Waals surface area contributed by atoms with Crippen LogP contribution in [-0.4, -0.2) is 35.2 Å². The van der Waals surface area contributed by atoms with Crippen molar-refractivity contribution in [3.8, 4) is 11.3 Å². The molecule has 2 unspecified atom stereocenters. The lowest BCUT2D eigenvalue weighted by Gasteiger charge is -2.30. The van der Waals surface area contributed by atoms with Crippen molar-refractivity contribution in [2.75, 3.05) is 13.1 Å². The summed E-state index contributed by atoms with van der Waals surface area (Å²) in [5.41, 5.74) is 1.82. The zero-order valence-electron chi connectivity index (χ0n) is 12.8. The van der Waals surface area contributed by atoms with Crippen LogP contribution in [0.15, 0.2) is 30.5 Å². The predicted octanol–water partition coefficient (Wildman–Crippen LogP) is 2.37. The highest BCUT2D eigenvalue weighted by Gasteiger charge is 2.24. The molecule has 3 rings (SSSR count). The highest BCUT2D eigenvalue weighted by molar-refractivity contribution is 5.99. The van der Waals surface area contributed by atoms with Crippen LogP contribution in [0.1, 0.15) is 23.7 Å². The lowest BCUT2D eigenvalue weighted by Crippen LogP contribution is -2.50. The second kappa shape index (κ2) is 7.57. The molecular formula is C16H20ClFN4O. The number of aromatic amines is 1. The van der Waals surface area contributed by atoms with Gasteiger partial charge in [-0.05, 0) is 43.1 Å². The fourth-order valence-corrected chi connectivity index (χ4v) is 2.72. The van der Waals surface area contributed by atoms with Gasteiger partial charge in [0.25, 0.3) is 5.91 Å². The van der Waals surface area contributed by atoms with Gasteiger partial charge in [-0.25, -0.2) is 4.39 Å². The highest BCUT2D eigenvalue weighted by atomic mass is 35.5. The van der Waals surface area contributed by atoms with Crippen LogP contribution in [0.3, 0.4) is 0 Å². The first kappa shape index (κ1) is 17.4. The van der Waals surface area contributed by atoms with Crippen molar-refractivity contribution in [2.24, 2.45) is 5.92 Å². The maximum absolute atomic E-state index is 13.0. The fraction of sp³-hybridized carbons (Fsp3) is 0.375. The van der Waals surface area contributed by atoms with Gasteiger partial charge < -0.3 is 10.6 Å². The quantitative estimate of drug-likeness (QED) is 0.804. The summed E-state index contributed by atoms with van der Waals surface area (Å²) < 4.78 is 13.0. The number of hydrogen-bond acceptors (Lipinski definition) is 3. The highest BCUT2D eigenvalue weighted by Crippen LogP contribution is 2.22. The number of amides is 1. The van der Waals surface area contributed by atoms with E-state index in [1.807, 2.05) is 0 Å². The van der Waals surface area contributed by atoms with Crippen LogP contribution in [0, 0.1) is 11.7 Å². The lowest BCUT2D eigenvalue weighted by atomic mass is 9.94. The topological polar surface area (TPSA) is 69.8 Å². The van der Waals surface area contributed by atoms with E-state index in [1.165, 1.54) is 18.3 Å². The van der Waals surface area contributed by atoms with Crippen molar-refractivity contribution >= 4 is 18.3 Å². The van der Waals surface area contributed by atoms with E-state index in [0.29, 0.717) is 17.2 Å². The molecule has 1 saturated heterocycles. The Morgan fingerprint density at radius 2 is 2.09 bits per heavy atom. The molecule has 0 bridgehead atoms. The van der Waals surface area contributed by atoms with E-state index in [4.69, 9.17) is 0 Å². The minimum Gasteiger partial charge on any atom is -0.348 e. The molecule has 23 heavy (non-hydrogen) atoms. The minimum atomic E-state index is -0.309. The van der Waals surface area contributed by atoms with Crippen molar-refractivity contribution in [2.45, 2.75) is 19.4 Å². The van der Waals surface area contributed by atoms with Crippen LogP contribution in [-0.2, 0) is 0 Å². The zero-order chi connectivity index (χ0) is 15.5. The molecule has 0 radical (unpaired) electrons. The van der Waals surface area contributed by atoms with Crippen molar-refractivity contribution in [1.82, 2.24) is 20.8 Å². The number of piperidine rings is 1. The van der Waals surface area contributed by atoms with E-state index < -0.39 is 0 Å². The summed E-state index contributed by atoms with van der Waals surface area (Å²) in [6.07, 6.45) is 2.55. The number of nitrogens with one attached hydrogen (secondary N) is 3. The lowest BCUT2D eigenvalue weighted by molar-refractivity contribution is 0.0916. The first-order chi connectivity index (χ1) is 10.6. The van der Waals surface area contributed by atoms with Gasteiger partial charge >= 0.3 is 0 Å². The molecule has 0 spiro atoms. The van der Waals surface area contributed by atoms with E-state index in [1.54, 1.807) is 12.1 Å². The third-order valence-corrected chi connectivity index (χ3v) is 4.16. The molecule has 5 nitrogen and oxygen atoms in total. The number of hydrogen-bond donors (Lipinski definition) is 3. The van der Waals surface area contributed by atoms with Crippen molar-refractivity contribution < 1.29 is 9.18 Å². The van der Waals surface area contributed by atoms with Gasteiger partial charge in [0.05, 0.1) is 17.5 Å². The van der Waals surface area contributed by atoms with Crippen LogP contribution in [0.25, 0.3) is 11.3 Å². The third-order valence-electron chi connectivity index (χ3n) is 4.16. The summed E-state index contributed by atoms with van der Waals surface area (Å²) in [6, 6.07) is 6.10. The summed E-state index contributed by atoms with van der Waals surface area (Å²) in [6.45, 7) is 3.90.